The number of hydrogen-bond acceptors (Lipinski definition) is 7. The van der Waals surface area contributed by atoms with Gasteiger partial charge in [-0.1, -0.05) is 18.2 Å². The predicted octanol–water partition coefficient (Wildman–Crippen LogP) is 3.37. The van der Waals surface area contributed by atoms with E-state index in [0.29, 0.717) is 12.2 Å². The van der Waals surface area contributed by atoms with Gasteiger partial charge in [0.25, 0.3) is 5.91 Å². The van der Waals surface area contributed by atoms with Crippen LogP contribution in [0.15, 0.2) is 48.0 Å². The number of hydrogen-bond donors (Lipinski definition) is 5. The van der Waals surface area contributed by atoms with E-state index in [1.54, 1.807) is 6.92 Å². The van der Waals surface area contributed by atoms with Gasteiger partial charge >= 0.3 is 12.0 Å². The van der Waals surface area contributed by atoms with Crippen molar-refractivity contribution in [1.82, 2.24) is 15.3 Å². The van der Waals surface area contributed by atoms with Gasteiger partial charge in [-0.2, -0.15) is 0 Å². The lowest BCUT2D eigenvalue weighted by molar-refractivity contribution is 0.0691. The molecule has 0 saturated heterocycles. The number of pyridine rings is 1. The summed E-state index contributed by atoms with van der Waals surface area (Å²) in [7, 11) is 0. The van der Waals surface area contributed by atoms with E-state index in [2.05, 4.69) is 31.2 Å². The van der Waals surface area contributed by atoms with Crippen molar-refractivity contribution in [3.63, 3.8) is 0 Å². The fraction of sp³-hybridized carbons (Fsp3) is 0.105. The van der Waals surface area contributed by atoms with E-state index in [1.165, 1.54) is 17.6 Å². The molecule has 30 heavy (non-hydrogen) atoms. The number of amides is 3. The molecule has 154 valence electrons. The quantitative estimate of drug-likeness (QED) is 0.389. The maximum atomic E-state index is 12.8. The number of carbonyl (C=O) groups is 3. The van der Waals surface area contributed by atoms with Crippen LogP contribution in [0.5, 0.6) is 0 Å². The summed E-state index contributed by atoms with van der Waals surface area (Å²) in [5.74, 6) is -1.46. The molecule has 10 nitrogen and oxygen atoms in total. The van der Waals surface area contributed by atoms with Crippen LogP contribution in [0.25, 0.3) is 0 Å². The number of benzene rings is 1. The first-order valence-electron chi connectivity index (χ1n) is 8.83. The summed E-state index contributed by atoms with van der Waals surface area (Å²) >= 11 is 0.998. The molecule has 1 aromatic carbocycles. The molecule has 0 saturated carbocycles. The second kappa shape index (κ2) is 9.47. The Balaban J connectivity index is 1.87. The van der Waals surface area contributed by atoms with Crippen LogP contribution in [0.2, 0.25) is 0 Å². The number of nitrogens with one attached hydrogen (secondary N) is 4. The highest BCUT2D eigenvalue weighted by atomic mass is 32.1. The monoisotopic (exact) mass is 426 g/mol. The molecule has 0 aliphatic heterocycles. The van der Waals surface area contributed by atoms with Crippen LogP contribution in [0.3, 0.4) is 0 Å². The van der Waals surface area contributed by atoms with Gasteiger partial charge in [-0.15, -0.1) is 11.3 Å². The number of thiazole rings is 1. The first-order valence-corrected chi connectivity index (χ1v) is 9.71. The standard InChI is InChI=1S/C19H18N6O4S/c1-2-20-18(29)24-15-8-13(22-11-6-4-3-5-7-11)12(9-21-15)16(26)25-19-23-14(10-30-19)17(27)28/h3-10H,2H2,1H3,(H,27,28)(H,23,25,26)(H3,20,21,22,24,29). The van der Waals surface area contributed by atoms with E-state index in [-0.39, 0.29) is 22.2 Å². The van der Waals surface area contributed by atoms with Crippen LogP contribution >= 0.6 is 11.3 Å². The highest BCUT2D eigenvalue weighted by Gasteiger charge is 2.17. The second-order valence-corrected chi connectivity index (χ2v) is 6.75. The molecule has 0 fully saturated rings. The Kier molecular flexibility index (Phi) is 6.55. The van der Waals surface area contributed by atoms with E-state index in [1.807, 2.05) is 30.3 Å². The minimum atomic E-state index is -1.18. The summed E-state index contributed by atoms with van der Waals surface area (Å²) in [4.78, 5) is 43.5. The number of para-hydroxylation sites is 1. The van der Waals surface area contributed by atoms with E-state index >= 15 is 0 Å². The van der Waals surface area contributed by atoms with Crippen molar-refractivity contribution < 1.29 is 19.5 Å². The average Bonchev–Trinajstić information content (AvgIpc) is 3.18. The smallest absolute Gasteiger partial charge is 0.355 e. The number of rotatable bonds is 7. The summed E-state index contributed by atoms with van der Waals surface area (Å²) in [6, 6.07) is 10.3. The number of carboxylic acids is 1. The fourth-order valence-electron chi connectivity index (χ4n) is 2.40. The van der Waals surface area contributed by atoms with Crippen LogP contribution in [-0.4, -0.2) is 39.5 Å². The zero-order valence-electron chi connectivity index (χ0n) is 15.8. The average molecular weight is 426 g/mol. The Hall–Kier alpha value is -3.99. The third-order valence-electron chi connectivity index (χ3n) is 3.72. The number of anilines is 4. The lowest BCUT2D eigenvalue weighted by Crippen LogP contribution is -2.28. The molecular weight excluding hydrogens is 408 g/mol. The van der Waals surface area contributed by atoms with Crippen molar-refractivity contribution in [2.45, 2.75) is 6.92 Å². The molecular formula is C19H18N6O4S. The van der Waals surface area contributed by atoms with Crippen LogP contribution < -0.4 is 21.3 Å². The highest BCUT2D eigenvalue weighted by Crippen LogP contribution is 2.25. The predicted molar refractivity (Wildman–Crippen MR) is 114 cm³/mol. The van der Waals surface area contributed by atoms with Gasteiger partial charge in [-0.25, -0.2) is 19.6 Å². The normalized spacial score (nSPS) is 10.2. The van der Waals surface area contributed by atoms with Crippen molar-refractivity contribution >= 4 is 51.6 Å². The first-order chi connectivity index (χ1) is 14.5. The van der Waals surface area contributed by atoms with Gasteiger partial charge in [0.1, 0.15) is 5.82 Å². The molecule has 2 aromatic heterocycles. The summed E-state index contributed by atoms with van der Waals surface area (Å²) in [6.07, 6.45) is 1.31. The van der Waals surface area contributed by atoms with Gasteiger partial charge in [-0.05, 0) is 19.1 Å². The van der Waals surface area contributed by atoms with Gasteiger partial charge < -0.3 is 15.7 Å². The van der Waals surface area contributed by atoms with Gasteiger partial charge in [0, 0.05) is 29.9 Å². The maximum Gasteiger partial charge on any atom is 0.355 e. The second-order valence-electron chi connectivity index (χ2n) is 5.89. The van der Waals surface area contributed by atoms with Crippen molar-refractivity contribution in [3.05, 3.63) is 59.2 Å². The summed E-state index contributed by atoms with van der Waals surface area (Å²) in [6.45, 7) is 2.24. The van der Waals surface area contributed by atoms with Crippen LogP contribution in [0, 0.1) is 0 Å². The number of urea groups is 1. The van der Waals surface area contributed by atoms with E-state index in [0.717, 1.165) is 17.0 Å². The molecule has 0 aliphatic carbocycles. The van der Waals surface area contributed by atoms with Gasteiger partial charge in [0.05, 0.1) is 11.3 Å². The highest BCUT2D eigenvalue weighted by molar-refractivity contribution is 7.14. The van der Waals surface area contributed by atoms with Crippen LogP contribution in [0.1, 0.15) is 27.8 Å². The van der Waals surface area contributed by atoms with Crippen molar-refractivity contribution in [1.29, 1.82) is 0 Å². The Bertz CT molecular complexity index is 1070. The molecule has 0 radical (unpaired) electrons. The van der Waals surface area contributed by atoms with Gasteiger partial charge in [0.2, 0.25) is 0 Å². The van der Waals surface area contributed by atoms with Crippen LogP contribution in [0.4, 0.5) is 27.1 Å². The molecule has 0 aliphatic rings. The number of aromatic carboxylic acids is 1. The first kappa shape index (κ1) is 20.7. The number of carbonyl (C=O) groups excluding carboxylic acids is 2. The topological polar surface area (TPSA) is 145 Å². The molecule has 0 bridgehead atoms. The zero-order valence-corrected chi connectivity index (χ0v) is 16.6. The molecule has 3 aromatic rings. The van der Waals surface area contributed by atoms with Crippen LogP contribution in [-0.2, 0) is 0 Å². The van der Waals surface area contributed by atoms with E-state index < -0.39 is 17.9 Å². The molecule has 2 heterocycles. The van der Waals surface area contributed by atoms with Crippen molar-refractivity contribution in [3.8, 4) is 0 Å². The Morgan fingerprint density at radius 2 is 1.90 bits per heavy atom. The summed E-state index contributed by atoms with van der Waals surface area (Å²) in [5, 5.41) is 21.3. The number of aromatic nitrogens is 2. The zero-order chi connectivity index (χ0) is 21.5. The van der Waals surface area contributed by atoms with Gasteiger partial charge in [-0.3, -0.25) is 15.4 Å². The molecule has 0 unspecified atom stereocenters. The Morgan fingerprint density at radius 3 is 2.57 bits per heavy atom. The third kappa shape index (κ3) is 5.29. The molecule has 0 spiro atoms. The Morgan fingerprint density at radius 1 is 1.13 bits per heavy atom. The third-order valence-corrected chi connectivity index (χ3v) is 4.48. The van der Waals surface area contributed by atoms with E-state index in [4.69, 9.17) is 5.11 Å². The minimum absolute atomic E-state index is 0.146. The number of nitrogens with zero attached hydrogens (tertiary/aromatic N) is 2. The van der Waals surface area contributed by atoms with E-state index in [9.17, 15) is 14.4 Å². The SMILES string of the molecule is CCNC(=O)Nc1cc(Nc2ccccc2)c(C(=O)Nc2nc(C(=O)O)cs2)cn1. The van der Waals surface area contributed by atoms with Gasteiger partial charge in [0.15, 0.2) is 10.8 Å². The minimum Gasteiger partial charge on any atom is -0.476 e. The fourth-order valence-corrected chi connectivity index (χ4v) is 3.08. The lowest BCUT2D eigenvalue weighted by atomic mass is 10.2. The lowest BCUT2D eigenvalue weighted by Gasteiger charge is -2.13. The van der Waals surface area contributed by atoms with Crippen molar-refractivity contribution in [2.24, 2.45) is 0 Å². The summed E-state index contributed by atoms with van der Waals surface area (Å²) < 4.78 is 0. The molecule has 0 atom stereocenters. The summed E-state index contributed by atoms with van der Waals surface area (Å²) in [5.41, 5.74) is 1.16. The molecule has 5 N–H and O–H groups in total. The largest absolute Gasteiger partial charge is 0.476 e. The molecule has 3 rings (SSSR count). The molecule has 3 amide bonds. The number of carboxylic acid groups (broad SMARTS) is 1. The maximum absolute atomic E-state index is 12.8. The Labute approximate surface area is 175 Å². The van der Waals surface area contributed by atoms with Crippen molar-refractivity contribution in [2.75, 3.05) is 22.5 Å². The molecule has 11 heteroatoms.